The minimum Gasteiger partial charge on any atom is -0.427 e. The average Bonchev–Trinajstić information content (AvgIpc) is 2.82. The van der Waals surface area contributed by atoms with Crippen molar-refractivity contribution in [3.63, 3.8) is 0 Å². The molecule has 184 valence electrons. The van der Waals surface area contributed by atoms with Gasteiger partial charge in [0.15, 0.2) is 0 Å². The van der Waals surface area contributed by atoms with Crippen LogP contribution in [0.4, 0.5) is 4.79 Å². The van der Waals surface area contributed by atoms with E-state index in [-0.39, 0.29) is 12.0 Å². The highest BCUT2D eigenvalue weighted by atomic mass is 16.8. The minimum absolute atomic E-state index is 0.138. The molecule has 35 heavy (non-hydrogen) atoms. The van der Waals surface area contributed by atoms with Gasteiger partial charge in [-0.05, 0) is 60.7 Å². The van der Waals surface area contributed by atoms with Crippen LogP contribution in [-0.2, 0) is 32.1 Å². The third-order valence-electron chi connectivity index (χ3n) is 6.12. The lowest BCUT2D eigenvalue weighted by Gasteiger charge is -2.37. The molecule has 3 aromatic carbocycles. The molecule has 1 fully saturated rings. The number of rotatable bonds is 7. The maximum absolute atomic E-state index is 12.2. The van der Waals surface area contributed by atoms with Crippen LogP contribution in [0.25, 0.3) is 10.8 Å². The van der Waals surface area contributed by atoms with Crippen molar-refractivity contribution in [3.05, 3.63) is 83.4 Å². The third-order valence-corrected chi connectivity index (χ3v) is 6.12. The number of hydrogen-bond acceptors (Lipinski definition) is 6. The van der Waals surface area contributed by atoms with Gasteiger partial charge in [0.05, 0.1) is 19.3 Å². The normalized spacial score (nSPS) is 18.8. The first-order valence-corrected chi connectivity index (χ1v) is 12.1. The molecule has 0 spiro atoms. The SMILES string of the molecule is CC(C)(C)OC(=O)ON1CCC(c2ccc(CC=O)cc2)C(OCc2ccc3ccccc3c2)C1. The van der Waals surface area contributed by atoms with Gasteiger partial charge in [0, 0.05) is 18.9 Å². The predicted molar refractivity (Wildman–Crippen MR) is 135 cm³/mol. The van der Waals surface area contributed by atoms with Crippen molar-refractivity contribution in [1.29, 1.82) is 0 Å². The second kappa shape index (κ2) is 11.0. The lowest BCUT2D eigenvalue weighted by molar-refractivity contribution is -0.179. The van der Waals surface area contributed by atoms with Crippen molar-refractivity contribution >= 4 is 23.2 Å². The Kier molecular flexibility index (Phi) is 7.83. The smallest absolute Gasteiger partial charge is 0.427 e. The number of piperidine rings is 1. The number of carbonyl (C=O) groups excluding carboxylic acids is 2. The Morgan fingerprint density at radius 3 is 2.43 bits per heavy atom. The van der Waals surface area contributed by atoms with Gasteiger partial charge in [-0.1, -0.05) is 60.7 Å². The zero-order valence-corrected chi connectivity index (χ0v) is 20.6. The monoisotopic (exact) mass is 475 g/mol. The molecule has 0 bridgehead atoms. The van der Waals surface area contributed by atoms with E-state index in [1.165, 1.54) is 10.8 Å². The van der Waals surface area contributed by atoms with Crippen LogP contribution < -0.4 is 0 Å². The molecular formula is C29H33NO5. The van der Waals surface area contributed by atoms with Crippen molar-refractivity contribution in [3.8, 4) is 0 Å². The summed E-state index contributed by atoms with van der Waals surface area (Å²) in [7, 11) is 0. The zero-order valence-electron chi connectivity index (χ0n) is 20.6. The molecule has 1 saturated heterocycles. The second-order valence-corrected chi connectivity index (χ2v) is 9.98. The van der Waals surface area contributed by atoms with Crippen LogP contribution >= 0.6 is 0 Å². The van der Waals surface area contributed by atoms with E-state index in [4.69, 9.17) is 14.3 Å². The standard InChI is InChI=1S/C29H33NO5/c1-29(2,3)34-28(32)35-30-16-14-26(24-12-8-21(9-13-24)15-17-31)27(19-30)33-20-22-10-11-23-6-4-5-7-25(23)18-22/h4-13,17-18,26-27H,14-16,19-20H2,1-3H3. The quantitative estimate of drug-likeness (QED) is 0.317. The summed E-state index contributed by atoms with van der Waals surface area (Å²) < 4.78 is 11.8. The molecule has 0 N–H and O–H groups in total. The highest BCUT2D eigenvalue weighted by Crippen LogP contribution is 2.32. The largest absolute Gasteiger partial charge is 0.528 e. The molecule has 6 heteroatoms. The highest BCUT2D eigenvalue weighted by molar-refractivity contribution is 5.82. The van der Waals surface area contributed by atoms with Gasteiger partial charge >= 0.3 is 6.16 Å². The van der Waals surface area contributed by atoms with Crippen molar-refractivity contribution < 1.29 is 23.9 Å². The fraction of sp³-hybridized carbons (Fsp3) is 0.379. The Morgan fingerprint density at radius 2 is 1.71 bits per heavy atom. The molecule has 1 aliphatic heterocycles. The summed E-state index contributed by atoms with van der Waals surface area (Å²) in [6, 6.07) is 22.7. The van der Waals surface area contributed by atoms with Crippen molar-refractivity contribution in [2.75, 3.05) is 13.1 Å². The van der Waals surface area contributed by atoms with Crippen LogP contribution in [0.5, 0.6) is 0 Å². The zero-order chi connectivity index (χ0) is 24.8. The first-order valence-electron chi connectivity index (χ1n) is 12.1. The molecule has 0 aliphatic carbocycles. The molecular weight excluding hydrogens is 442 g/mol. The average molecular weight is 476 g/mol. The minimum atomic E-state index is -0.706. The van der Waals surface area contributed by atoms with Crippen LogP contribution in [0.15, 0.2) is 66.7 Å². The summed E-state index contributed by atoms with van der Waals surface area (Å²) in [6.07, 6.45) is 1.19. The van der Waals surface area contributed by atoms with E-state index in [1.54, 1.807) is 5.06 Å². The second-order valence-electron chi connectivity index (χ2n) is 9.98. The van der Waals surface area contributed by atoms with E-state index in [2.05, 4.69) is 42.5 Å². The number of hydroxylamine groups is 2. The number of aldehydes is 1. The molecule has 0 amide bonds. The first-order chi connectivity index (χ1) is 16.8. The van der Waals surface area contributed by atoms with Gasteiger partial charge in [0.2, 0.25) is 0 Å². The summed E-state index contributed by atoms with van der Waals surface area (Å²) in [5.41, 5.74) is 2.61. The molecule has 1 heterocycles. The molecule has 1 aliphatic rings. The van der Waals surface area contributed by atoms with Gasteiger partial charge in [0.25, 0.3) is 0 Å². The number of hydrogen-bond donors (Lipinski definition) is 0. The van der Waals surface area contributed by atoms with Crippen LogP contribution in [0.2, 0.25) is 0 Å². The van der Waals surface area contributed by atoms with Crippen molar-refractivity contribution in [2.45, 2.75) is 57.8 Å². The van der Waals surface area contributed by atoms with Gasteiger partial charge in [-0.25, -0.2) is 4.79 Å². The number of nitrogens with zero attached hydrogens (tertiary/aromatic N) is 1. The van der Waals surface area contributed by atoms with Crippen molar-refractivity contribution in [2.24, 2.45) is 0 Å². The number of ether oxygens (including phenoxy) is 2. The van der Waals surface area contributed by atoms with Gasteiger partial charge in [-0.3, -0.25) is 0 Å². The lowest BCUT2D eigenvalue weighted by atomic mass is 9.87. The number of fused-ring (bicyclic) bond motifs is 1. The topological polar surface area (TPSA) is 65.1 Å². The van der Waals surface area contributed by atoms with Crippen LogP contribution in [0.3, 0.4) is 0 Å². The van der Waals surface area contributed by atoms with E-state index < -0.39 is 11.8 Å². The Hall–Kier alpha value is -3.22. The van der Waals surface area contributed by atoms with Crippen LogP contribution in [0.1, 0.15) is 49.8 Å². The maximum atomic E-state index is 12.2. The van der Waals surface area contributed by atoms with Gasteiger partial charge in [-0.2, -0.15) is 0 Å². The maximum Gasteiger partial charge on any atom is 0.528 e. The molecule has 0 aromatic heterocycles. The van der Waals surface area contributed by atoms with Crippen LogP contribution in [-0.4, -0.2) is 42.3 Å². The fourth-order valence-corrected chi connectivity index (χ4v) is 4.42. The number of carbonyl (C=O) groups is 2. The Bertz CT molecular complexity index is 1150. The molecule has 4 rings (SSSR count). The van der Waals surface area contributed by atoms with Crippen LogP contribution in [0, 0.1) is 0 Å². The first kappa shape index (κ1) is 24.9. The summed E-state index contributed by atoms with van der Waals surface area (Å²) >= 11 is 0. The number of benzene rings is 3. The molecule has 2 unspecified atom stereocenters. The molecule has 0 saturated carbocycles. The van der Waals surface area contributed by atoms with E-state index in [9.17, 15) is 9.59 Å². The van der Waals surface area contributed by atoms with Gasteiger partial charge in [0.1, 0.15) is 11.9 Å². The van der Waals surface area contributed by atoms with E-state index in [0.717, 1.165) is 29.4 Å². The van der Waals surface area contributed by atoms with Crippen molar-refractivity contribution in [1.82, 2.24) is 5.06 Å². The summed E-state index contributed by atoms with van der Waals surface area (Å²) in [6.45, 7) is 6.90. The van der Waals surface area contributed by atoms with E-state index in [1.807, 2.05) is 45.0 Å². The fourth-order valence-electron chi connectivity index (χ4n) is 4.42. The van der Waals surface area contributed by atoms with Gasteiger partial charge in [-0.15, -0.1) is 5.06 Å². The van der Waals surface area contributed by atoms with E-state index >= 15 is 0 Å². The highest BCUT2D eigenvalue weighted by Gasteiger charge is 2.34. The molecule has 2 atom stereocenters. The third kappa shape index (κ3) is 6.90. The summed E-state index contributed by atoms with van der Waals surface area (Å²) in [4.78, 5) is 28.6. The molecule has 6 nitrogen and oxygen atoms in total. The Balaban J connectivity index is 1.48. The molecule has 3 aromatic rings. The van der Waals surface area contributed by atoms with Gasteiger partial charge < -0.3 is 19.1 Å². The predicted octanol–water partition coefficient (Wildman–Crippen LogP) is 5.82. The lowest BCUT2D eigenvalue weighted by Crippen LogP contribution is -2.45. The Labute approximate surface area is 206 Å². The van der Waals surface area contributed by atoms with E-state index in [0.29, 0.717) is 26.1 Å². The summed E-state index contributed by atoms with van der Waals surface area (Å²) in [5.74, 6) is 0.138. The summed E-state index contributed by atoms with van der Waals surface area (Å²) in [5, 5.41) is 4.00. The Morgan fingerprint density at radius 1 is 1.00 bits per heavy atom. The molecule has 0 radical (unpaired) electrons.